The lowest BCUT2D eigenvalue weighted by Gasteiger charge is -2.35. The Morgan fingerprint density at radius 2 is 1.56 bits per heavy atom. The van der Waals surface area contributed by atoms with E-state index in [0.29, 0.717) is 37.5 Å². The summed E-state index contributed by atoms with van der Waals surface area (Å²) in [4.78, 5) is 17.0. The van der Waals surface area contributed by atoms with Crippen LogP contribution < -0.4 is 9.64 Å². The van der Waals surface area contributed by atoms with E-state index in [9.17, 15) is 4.79 Å². The smallest absolute Gasteiger partial charge is 0.257 e. The molecule has 0 atom stereocenters. The Labute approximate surface area is 187 Å². The Balaban J connectivity index is 1.29. The molecule has 0 radical (unpaired) electrons. The van der Waals surface area contributed by atoms with Crippen LogP contribution in [0.1, 0.15) is 10.4 Å². The molecule has 32 heavy (non-hydrogen) atoms. The van der Waals surface area contributed by atoms with Crippen molar-refractivity contribution in [2.24, 2.45) is 0 Å². The van der Waals surface area contributed by atoms with E-state index in [1.165, 1.54) is 10.8 Å². The lowest BCUT2D eigenvalue weighted by Crippen LogP contribution is -2.49. The molecule has 1 saturated heterocycles. The third-order valence-corrected chi connectivity index (χ3v) is 5.94. The molecule has 6 nitrogen and oxygen atoms in total. The quantitative estimate of drug-likeness (QED) is 0.490. The van der Waals surface area contributed by atoms with Gasteiger partial charge in [0.05, 0.1) is 18.4 Å². The largest absolute Gasteiger partial charge is 0.496 e. The molecule has 1 aromatic heterocycles. The third-order valence-electron chi connectivity index (χ3n) is 5.94. The topological polar surface area (TPSA) is 58.6 Å². The molecule has 6 heteroatoms. The number of carbonyl (C=O) groups is 1. The number of hydrogen-bond acceptors (Lipinski definition) is 5. The van der Waals surface area contributed by atoms with E-state index in [0.717, 1.165) is 17.1 Å². The molecule has 0 N–H and O–H groups in total. The minimum absolute atomic E-state index is 0.000474. The highest BCUT2D eigenvalue weighted by Crippen LogP contribution is 2.28. The molecule has 0 bridgehead atoms. The van der Waals surface area contributed by atoms with Crippen LogP contribution in [0.4, 0.5) is 5.82 Å². The third kappa shape index (κ3) is 3.75. The molecule has 1 aliphatic rings. The van der Waals surface area contributed by atoms with E-state index >= 15 is 0 Å². The van der Waals surface area contributed by atoms with Gasteiger partial charge in [0.25, 0.3) is 5.91 Å². The maximum Gasteiger partial charge on any atom is 0.257 e. The van der Waals surface area contributed by atoms with Crippen LogP contribution in [-0.2, 0) is 0 Å². The van der Waals surface area contributed by atoms with Gasteiger partial charge in [-0.1, -0.05) is 54.6 Å². The Kier molecular flexibility index (Phi) is 5.42. The molecule has 5 rings (SSSR count). The van der Waals surface area contributed by atoms with Gasteiger partial charge >= 0.3 is 0 Å². The van der Waals surface area contributed by atoms with Gasteiger partial charge in [0.2, 0.25) is 0 Å². The van der Waals surface area contributed by atoms with Crippen LogP contribution in [0.25, 0.3) is 22.0 Å². The van der Waals surface area contributed by atoms with Crippen LogP contribution in [-0.4, -0.2) is 54.3 Å². The van der Waals surface area contributed by atoms with Gasteiger partial charge in [0.1, 0.15) is 5.75 Å². The minimum atomic E-state index is -0.000474. The molecular weight excluding hydrogens is 400 g/mol. The van der Waals surface area contributed by atoms with Crippen molar-refractivity contribution >= 4 is 22.5 Å². The second-order valence-electron chi connectivity index (χ2n) is 7.78. The van der Waals surface area contributed by atoms with Gasteiger partial charge in [-0.25, -0.2) is 0 Å². The van der Waals surface area contributed by atoms with Crippen molar-refractivity contribution in [1.29, 1.82) is 0 Å². The highest BCUT2D eigenvalue weighted by atomic mass is 16.5. The first-order valence-corrected chi connectivity index (χ1v) is 10.7. The summed E-state index contributed by atoms with van der Waals surface area (Å²) < 4.78 is 5.35. The number of amides is 1. The van der Waals surface area contributed by atoms with Gasteiger partial charge in [-0.3, -0.25) is 4.79 Å². The number of hydrogen-bond donors (Lipinski definition) is 0. The zero-order valence-electron chi connectivity index (χ0n) is 17.9. The van der Waals surface area contributed by atoms with E-state index in [1.807, 2.05) is 59.5 Å². The highest BCUT2D eigenvalue weighted by Gasteiger charge is 2.25. The van der Waals surface area contributed by atoms with Crippen LogP contribution in [0.3, 0.4) is 0 Å². The van der Waals surface area contributed by atoms with Crippen molar-refractivity contribution in [3.05, 3.63) is 84.4 Å². The average Bonchev–Trinajstić information content (AvgIpc) is 2.88. The van der Waals surface area contributed by atoms with Crippen LogP contribution in [0.15, 0.2) is 78.9 Å². The fourth-order valence-electron chi connectivity index (χ4n) is 4.22. The summed E-state index contributed by atoms with van der Waals surface area (Å²) in [7, 11) is 1.59. The number of para-hydroxylation sites is 1. The number of nitrogens with zero attached hydrogens (tertiary/aromatic N) is 4. The summed E-state index contributed by atoms with van der Waals surface area (Å²) in [5, 5.41) is 11.4. The Morgan fingerprint density at radius 1 is 0.812 bits per heavy atom. The zero-order valence-corrected chi connectivity index (χ0v) is 17.9. The standard InChI is InChI=1S/C26H24N4O2/c1-32-24-12-5-4-10-22(24)26(31)30-17-15-29(16-18-30)25-14-13-23(27-28-25)21-11-6-8-19-7-2-3-9-20(19)21/h2-14H,15-18H2,1H3. The summed E-state index contributed by atoms with van der Waals surface area (Å²) in [5.74, 6) is 1.44. The number of fused-ring (bicyclic) bond motifs is 1. The molecular formula is C26H24N4O2. The predicted octanol–water partition coefficient (Wildman–Crippen LogP) is 4.27. The molecule has 0 saturated carbocycles. The number of piperazine rings is 1. The van der Waals surface area contributed by atoms with Crippen molar-refractivity contribution in [3.8, 4) is 17.0 Å². The zero-order chi connectivity index (χ0) is 21.9. The second kappa shape index (κ2) is 8.67. The summed E-state index contributed by atoms with van der Waals surface area (Å²) in [6.07, 6.45) is 0. The molecule has 0 unspecified atom stereocenters. The number of anilines is 1. The van der Waals surface area contributed by atoms with Crippen LogP contribution in [0, 0.1) is 0 Å². The van der Waals surface area contributed by atoms with Crippen LogP contribution in [0.5, 0.6) is 5.75 Å². The van der Waals surface area contributed by atoms with E-state index < -0.39 is 0 Å². The Morgan fingerprint density at radius 3 is 2.34 bits per heavy atom. The van der Waals surface area contributed by atoms with Gasteiger partial charge in [0.15, 0.2) is 5.82 Å². The van der Waals surface area contributed by atoms with E-state index in [2.05, 4.69) is 39.4 Å². The van der Waals surface area contributed by atoms with Crippen molar-refractivity contribution < 1.29 is 9.53 Å². The molecule has 0 aliphatic carbocycles. The van der Waals surface area contributed by atoms with Gasteiger partial charge in [-0.15, -0.1) is 10.2 Å². The molecule has 3 aromatic carbocycles. The summed E-state index contributed by atoms with van der Waals surface area (Å²) in [6.45, 7) is 2.68. The fraction of sp³-hybridized carbons (Fsp3) is 0.192. The minimum Gasteiger partial charge on any atom is -0.496 e. The molecule has 1 amide bonds. The molecule has 0 spiro atoms. The highest BCUT2D eigenvalue weighted by molar-refractivity contribution is 5.97. The lowest BCUT2D eigenvalue weighted by atomic mass is 10.0. The van der Waals surface area contributed by atoms with Crippen molar-refractivity contribution in [3.63, 3.8) is 0 Å². The fourth-order valence-corrected chi connectivity index (χ4v) is 4.22. The Hall–Kier alpha value is -3.93. The number of rotatable bonds is 4. The van der Waals surface area contributed by atoms with Gasteiger partial charge in [0, 0.05) is 31.7 Å². The number of ether oxygens (including phenoxy) is 1. The lowest BCUT2D eigenvalue weighted by molar-refractivity contribution is 0.0743. The molecule has 1 aliphatic heterocycles. The van der Waals surface area contributed by atoms with Gasteiger partial charge in [-0.05, 0) is 35.0 Å². The second-order valence-corrected chi connectivity index (χ2v) is 7.78. The normalized spacial score (nSPS) is 13.9. The molecule has 4 aromatic rings. The first kappa shape index (κ1) is 20.0. The maximum absolute atomic E-state index is 12.9. The van der Waals surface area contributed by atoms with E-state index in [4.69, 9.17) is 4.74 Å². The number of carbonyl (C=O) groups excluding carboxylic acids is 1. The van der Waals surface area contributed by atoms with Crippen molar-refractivity contribution in [2.75, 3.05) is 38.2 Å². The first-order chi connectivity index (χ1) is 15.7. The number of benzene rings is 3. The van der Waals surface area contributed by atoms with E-state index in [1.54, 1.807) is 7.11 Å². The summed E-state index contributed by atoms with van der Waals surface area (Å²) in [6, 6.07) is 25.9. The molecule has 2 heterocycles. The summed E-state index contributed by atoms with van der Waals surface area (Å²) in [5.41, 5.74) is 2.53. The van der Waals surface area contributed by atoms with Crippen LogP contribution in [0.2, 0.25) is 0 Å². The first-order valence-electron chi connectivity index (χ1n) is 10.7. The SMILES string of the molecule is COc1ccccc1C(=O)N1CCN(c2ccc(-c3cccc4ccccc34)nn2)CC1. The number of methoxy groups -OCH3 is 1. The van der Waals surface area contributed by atoms with Crippen molar-refractivity contribution in [1.82, 2.24) is 15.1 Å². The predicted molar refractivity (Wildman–Crippen MR) is 126 cm³/mol. The molecule has 160 valence electrons. The molecule has 1 fully saturated rings. The van der Waals surface area contributed by atoms with Crippen molar-refractivity contribution in [2.45, 2.75) is 0 Å². The average molecular weight is 425 g/mol. The Bertz CT molecular complexity index is 1240. The maximum atomic E-state index is 12.9. The number of aromatic nitrogens is 2. The van der Waals surface area contributed by atoms with Gasteiger partial charge in [-0.2, -0.15) is 0 Å². The monoisotopic (exact) mass is 424 g/mol. The van der Waals surface area contributed by atoms with Gasteiger partial charge < -0.3 is 14.5 Å². The van der Waals surface area contributed by atoms with Crippen LogP contribution >= 0.6 is 0 Å². The summed E-state index contributed by atoms with van der Waals surface area (Å²) >= 11 is 0. The van der Waals surface area contributed by atoms with E-state index in [-0.39, 0.29) is 5.91 Å².